The van der Waals surface area contributed by atoms with Gasteiger partial charge in [-0.3, -0.25) is 0 Å². The maximum absolute atomic E-state index is 13.4. The van der Waals surface area contributed by atoms with Gasteiger partial charge in [0.25, 0.3) is 0 Å². The van der Waals surface area contributed by atoms with Gasteiger partial charge in [-0.05, 0) is 31.0 Å². The zero-order chi connectivity index (χ0) is 12.6. The summed E-state index contributed by atoms with van der Waals surface area (Å²) in [6.45, 7) is 0.236. The third-order valence-corrected chi connectivity index (χ3v) is 4.67. The highest BCUT2D eigenvalue weighted by Crippen LogP contribution is 2.25. The summed E-state index contributed by atoms with van der Waals surface area (Å²) in [7, 11) is -4.05. The summed E-state index contributed by atoms with van der Waals surface area (Å²) in [5.74, 6) is -1.76. The maximum Gasteiger partial charge on any atom is 0.247 e. The number of sulfonamides is 1. The van der Waals surface area contributed by atoms with Crippen LogP contribution < -0.4 is 5.73 Å². The Morgan fingerprint density at radius 1 is 1.35 bits per heavy atom. The van der Waals surface area contributed by atoms with Crippen LogP contribution in [-0.2, 0) is 10.0 Å². The van der Waals surface area contributed by atoms with Crippen molar-refractivity contribution in [3.05, 3.63) is 29.8 Å². The van der Waals surface area contributed by atoms with E-state index in [1.54, 1.807) is 0 Å². The van der Waals surface area contributed by atoms with E-state index >= 15 is 0 Å². The Morgan fingerprint density at radius 2 is 2.06 bits per heavy atom. The van der Waals surface area contributed by atoms with Crippen LogP contribution in [0.4, 0.5) is 8.78 Å². The molecule has 0 radical (unpaired) electrons. The van der Waals surface area contributed by atoms with Gasteiger partial charge < -0.3 is 5.73 Å². The normalized spacial score (nSPS) is 21.9. The van der Waals surface area contributed by atoms with Crippen molar-refractivity contribution in [3.63, 3.8) is 0 Å². The van der Waals surface area contributed by atoms with Gasteiger partial charge in [0.2, 0.25) is 10.0 Å². The van der Waals surface area contributed by atoms with Gasteiger partial charge in [-0.2, -0.15) is 4.31 Å². The van der Waals surface area contributed by atoms with Crippen molar-refractivity contribution in [2.24, 2.45) is 5.73 Å². The van der Waals surface area contributed by atoms with E-state index in [4.69, 9.17) is 5.73 Å². The molecule has 1 unspecified atom stereocenters. The lowest BCUT2D eigenvalue weighted by atomic mass is 10.3. The molecule has 0 aliphatic carbocycles. The highest BCUT2D eigenvalue weighted by Gasteiger charge is 2.34. The van der Waals surface area contributed by atoms with Gasteiger partial charge in [-0.1, -0.05) is 0 Å². The predicted octanol–water partition coefficient (Wildman–Crippen LogP) is 1.03. The SMILES string of the molecule is NC1CCCN1S(=O)(=O)c1cc(F)ccc1F. The summed E-state index contributed by atoms with van der Waals surface area (Å²) in [5, 5.41) is 0. The van der Waals surface area contributed by atoms with E-state index in [1.807, 2.05) is 0 Å². The first-order valence-corrected chi connectivity index (χ1v) is 6.59. The van der Waals surface area contributed by atoms with Crippen LogP contribution in [0.15, 0.2) is 23.1 Å². The van der Waals surface area contributed by atoms with E-state index in [9.17, 15) is 17.2 Å². The van der Waals surface area contributed by atoms with E-state index in [2.05, 4.69) is 0 Å². The highest BCUT2D eigenvalue weighted by atomic mass is 32.2. The van der Waals surface area contributed by atoms with E-state index in [-0.39, 0.29) is 6.54 Å². The van der Waals surface area contributed by atoms with Crippen LogP contribution in [0.2, 0.25) is 0 Å². The summed E-state index contributed by atoms with van der Waals surface area (Å²) >= 11 is 0. The van der Waals surface area contributed by atoms with Crippen LogP contribution in [0, 0.1) is 11.6 Å². The molecule has 1 aliphatic rings. The zero-order valence-electron chi connectivity index (χ0n) is 8.94. The quantitative estimate of drug-likeness (QED) is 0.866. The van der Waals surface area contributed by atoms with Gasteiger partial charge in [-0.15, -0.1) is 0 Å². The van der Waals surface area contributed by atoms with Crippen molar-refractivity contribution < 1.29 is 17.2 Å². The first kappa shape index (κ1) is 12.4. The molecule has 2 rings (SSSR count). The molecule has 1 aromatic carbocycles. The topological polar surface area (TPSA) is 63.4 Å². The van der Waals surface area contributed by atoms with Crippen molar-refractivity contribution in [3.8, 4) is 0 Å². The van der Waals surface area contributed by atoms with E-state index in [0.29, 0.717) is 18.9 Å². The van der Waals surface area contributed by atoms with Crippen LogP contribution in [0.1, 0.15) is 12.8 Å². The average molecular weight is 262 g/mol. The molecule has 0 spiro atoms. The third kappa shape index (κ3) is 2.18. The molecule has 0 amide bonds. The Labute approximate surface area is 98.1 Å². The van der Waals surface area contributed by atoms with E-state index in [0.717, 1.165) is 16.4 Å². The van der Waals surface area contributed by atoms with Crippen molar-refractivity contribution in [1.29, 1.82) is 0 Å². The molecule has 1 atom stereocenters. The molecule has 0 bridgehead atoms. The van der Waals surface area contributed by atoms with Gasteiger partial charge in [0.1, 0.15) is 16.5 Å². The number of rotatable bonds is 2. The molecule has 94 valence electrons. The summed E-state index contributed by atoms with van der Waals surface area (Å²) in [6.07, 6.45) is 0.482. The monoisotopic (exact) mass is 262 g/mol. The molecule has 4 nitrogen and oxygen atoms in total. The molecule has 7 heteroatoms. The number of benzene rings is 1. The second-order valence-corrected chi connectivity index (χ2v) is 5.76. The molecule has 1 saturated heterocycles. The fourth-order valence-electron chi connectivity index (χ4n) is 1.87. The van der Waals surface area contributed by atoms with Crippen LogP contribution in [-0.4, -0.2) is 25.4 Å². The maximum atomic E-state index is 13.4. The molecule has 1 aliphatic heterocycles. The minimum Gasteiger partial charge on any atom is -0.315 e. The summed E-state index contributed by atoms with van der Waals surface area (Å²) in [6, 6.07) is 2.35. The standard InChI is InChI=1S/C10H12F2N2O2S/c11-7-3-4-8(12)9(6-7)17(15,16)14-5-1-2-10(14)13/h3-4,6,10H,1-2,5,13H2. The summed E-state index contributed by atoms with van der Waals surface area (Å²) in [5.41, 5.74) is 5.62. The van der Waals surface area contributed by atoms with Crippen molar-refractivity contribution >= 4 is 10.0 Å². The Kier molecular flexibility index (Phi) is 3.15. The van der Waals surface area contributed by atoms with Crippen molar-refractivity contribution in [2.75, 3.05) is 6.54 Å². The smallest absolute Gasteiger partial charge is 0.247 e. The Balaban J connectivity index is 2.48. The van der Waals surface area contributed by atoms with Crippen LogP contribution in [0.5, 0.6) is 0 Å². The lowest BCUT2D eigenvalue weighted by molar-refractivity contribution is 0.392. The number of hydrogen-bond acceptors (Lipinski definition) is 3. The molecule has 1 fully saturated rings. The zero-order valence-corrected chi connectivity index (χ0v) is 9.75. The van der Waals surface area contributed by atoms with Crippen molar-refractivity contribution in [2.45, 2.75) is 23.9 Å². The lowest BCUT2D eigenvalue weighted by Gasteiger charge is -2.20. The third-order valence-electron chi connectivity index (χ3n) is 2.73. The van der Waals surface area contributed by atoms with Gasteiger partial charge in [0.05, 0.1) is 6.17 Å². The Bertz CT molecular complexity index is 533. The average Bonchev–Trinajstić information content (AvgIpc) is 2.68. The van der Waals surface area contributed by atoms with Gasteiger partial charge in [-0.25, -0.2) is 17.2 Å². The Hall–Kier alpha value is -1.05. The van der Waals surface area contributed by atoms with E-state index in [1.165, 1.54) is 0 Å². The molecule has 1 aromatic rings. The van der Waals surface area contributed by atoms with E-state index < -0.39 is 32.7 Å². The lowest BCUT2D eigenvalue weighted by Crippen LogP contribution is -2.41. The summed E-state index contributed by atoms with van der Waals surface area (Å²) in [4.78, 5) is -0.658. The minimum atomic E-state index is -4.05. The Morgan fingerprint density at radius 3 is 2.65 bits per heavy atom. The second-order valence-electron chi connectivity index (χ2n) is 3.90. The first-order chi connectivity index (χ1) is 7.93. The molecule has 2 N–H and O–H groups in total. The molecular formula is C10H12F2N2O2S. The molecule has 0 saturated carbocycles. The number of nitrogens with zero attached hydrogens (tertiary/aromatic N) is 1. The summed E-state index contributed by atoms with van der Waals surface area (Å²) < 4.78 is 51.5. The molecule has 0 aromatic heterocycles. The molecular weight excluding hydrogens is 250 g/mol. The van der Waals surface area contributed by atoms with Crippen molar-refractivity contribution in [1.82, 2.24) is 4.31 Å². The van der Waals surface area contributed by atoms with Crippen LogP contribution >= 0.6 is 0 Å². The van der Waals surface area contributed by atoms with Gasteiger partial charge in [0, 0.05) is 6.54 Å². The number of halogens is 2. The fourth-order valence-corrected chi connectivity index (χ4v) is 3.53. The minimum absolute atomic E-state index is 0.236. The second kappa shape index (κ2) is 4.32. The largest absolute Gasteiger partial charge is 0.315 e. The fraction of sp³-hybridized carbons (Fsp3) is 0.400. The van der Waals surface area contributed by atoms with Gasteiger partial charge in [0.15, 0.2) is 0 Å². The molecule has 17 heavy (non-hydrogen) atoms. The van der Waals surface area contributed by atoms with Gasteiger partial charge >= 0.3 is 0 Å². The number of hydrogen-bond donors (Lipinski definition) is 1. The number of nitrogens with two attached hydrogens (primary N) is 1. The van der Waals surface area contributed by atoms with Crippen LogP contribution in [0.25, 0.3) is 0 Å². The predicted molar refractivity (Wildman–Crippen MR) is 57.5 cm³/mol. The highest BCUT2D eigenvalue weighted by molar-refractivity contribution is 7.89. The molecule has 1 heterocycles. The van der Waals surface area contributed by atoms with Crippen LogP contribution in [0.3, 0.4) is 0 Å². The first-order valence-electron chi connectivity index (χ1n) is 5.15.